The van der Waals surface area contributed by atoms with E-state index >= 15 is 0 Å². The van der Waals surface area contributed by atoms with Crippen molar-refractivity contribution in [2.45, 2.75) is 36.7 Å². The summed E-state index contributed by atoms with van der Waals surface area (Å²) in [6, 6.07) is 13.2. The van der Waals surface area contributed by atoms with Gasteiger partial charge < -0.3 is 15.5 Å². The highest BCUT2D eigenvalue weighted by atomic mass is 32.2. The minimum atomic E-state index is -2.75. The van der Waals surface area contributed by atoms with Gasteiger partial charge in [0.2, 0.25) is 5.95 Å². The fourth-order valence-electron chi connectivity index (χ4n) is 4.33. The Morgan fingerprint density at radius 3 is 2.91 bits per heavy atom. The molecule has 3 aromatic rings. The predicted molar refractivity (Wildman–Crippen MR) is 123 cm³/mol. The quantitative estimate of drug-likeness (QED) is 0.628. The normalized spacial score (nSPS) is 22.9. The Bertz CT molecular complexity index is 1190. The Kier molecular flexibility index (Phi) is 5.54. The third-order valence-corrected chi connectivity index (χ3v) is 7.35. The molecule has 1 saturated heterocycles. The number of halogens is 2. The van der Waals surface area contributed by atoms with Crippen LogP contribution in [0.15, 0.2) is 47.4 Å². The average Bonchev–Trinajstić information content (AvgIpc) is 2.92. The molecule has 2 aliphatic rings. The smallest absolute Gasteiger partial charge is 0.262 e. The second-order valence-corrected chi connectivity index (χ2v) is 10.0. The van der Waals surface area contributed by atoms with Crippen LogP contribution in [0, 0.1) is 6.92 Å². The monoisotopic (exact) mass is 457 g/mol. The Labute approximate surface area is 187 Å². The van der Waals surface area contributed by atoms with Crippen molar-refractivity contribution in [1.29, 1.82) is 0 Å². The van der Waals surface area contributed by atoms with Crippen LogP contribution in [0.1, 0.15) is 17.5 Å². The molecule has 168 valence electrons. The molecule has 2 N–H and O–H groups in total. The van der Waals surface area contributed by atoms with Crippen LogP contribution >= 0.6 is 0 Å². The SMILES string of the molecule is Cc1ccc2nc(N3CCS(=O)c4ccccc4C3)nc(NC3CNCC(F)(F)C3)c2c1. The van der Waals surface area contributed by atoms with Gasteiger partial charge in [0.05, 0.1) is 22.9 Å². The number of anilines is 2. The van der Waals surface area contributed by atoms with E-state index in [4.69, 9.17) is 9.97 Å². The number of benzene rings is 2. The van der Waals surface area contributed by atoms with Crippen molar-refractivity contribution in [3.05, 3.63) is 53.6 Å². The summed E-state index contributed by atoms with van der Waals surface area (Å²) in [4.78, 5) is 12.4. The number of alkyl halides is 2. The number of hydrogen-bond donors (Lipinski definition) is 2. The molecular formula is C23H25F2N5OS. The highest BCUT2D eigenvalue weighted by Crippen LogP contribution is 2.30. The highest BCUT2D eigenvalue weighted by molar-refractivity contribution is 7.85. The zero-order chi connectivity index (χ0) is 22.3. The zero-order valence-corrected chi connectivity index (χ0v) is 18.6. The van der Waals surface area contributed by atoms with E-state index in [1.54, 1.807) is 0 Å². The van der Waals surface area contributed by atoms with E-state index in [1.165, 1.54) is 0 Å². The topological polar surface area (TPSA) is 70.2 Å². The predicted octanol–water partition coefficient (Wildman–Crippen LogP) is 3.48. The minimum absolute atomic E-state index is 0.247. The lowest BCUT2D eigenvalue weighted by atomic mass is 10.0. The van der Waals surface area contributed by atoms with Gasteiger partial charge >= 0.3 is 0 Å². The van der Waals surface area contributed by atoms with Crippen LogP contribution in [0.3, 0.4) is 0 Å². The zero-order valence-electron chi connectivity index (χ0n) is 17.8. The van der Waals surface area contributed by atoms with Gasteiger partial charge in [0.25, 0.3) is 5.92 Å². The summed E-state index contributed by atoms with van der Waals surface area (Å²) < 4.78 is 40.6. The Morgan fingerprint density at radius 1 is 1.22 bits per heavy atom. The summed E-state index contributed by atoms with van der Waals surface area (Å²) in [6.07, 6.45) is -0.247. The highest BCUT2D eigenvalue weighted by Gasteiger charge is 2.36. The number of hydrogen-bond acceptors (Lipinski definition) is 6. The fourth-order valence-corrected chi connectivity index (χ4v) is 5.59. The number of aryl methyl sites for hydroxylation is 1. The number of aromatic nitrogens is 2. The van der Waals surface area contributed by atoms with E-state index in [-0.39, 0.29) is 13.0 Å². The lowest BCUT2D eigenvalue weighted by molar-refractivity contribution is -0.0244. The Balaban J connectivity index is 1.53. The van der Waals surface area contributed by atoms with Gasteiger partial charge in [0.15, 0.2) is 0 Å². The third-order valence-electron chi connectivity index (χ3n) is 5.91. The molecule has 2 aliphatic heterocycles. The first-order valence-electron chi connectivity index (χ1n) is 10.7. The summed E-state index contributed by atoms with van der Waals surface area (Å²) in [6.45, 7) is 3.21. The van der Waals surface area contributed by atoms with E-state index in [2.05, 4.69) is 10.6 Å². The van der Waals surface area contributed by atoms with E-state index in [9.17, 15) is 13.0 Å². The lowest BCUT2D eigenvalue weighted by Crippen LogP contribution is -2.49. The number of nitrogens with zero attached hydrogens (tertiary/aromatic N) is 3. The Morgan fingerprint density at radius 2 is 2.06 bits per heavy atom. The number of rotatable bonds is 3. The molecule has 0 spiro atoms. The van der Waals surface area contributed by atoms with Crippen molar-refractivity contribution in [3.63, 3.8) is 0 Å². The van der Waals surface area contributed by atoms with E-state index in [1.807, 2.05) is 54.3 Å². The van der Waals surface area contributed by atoms with Gasteiger partial charge in [0.1, 0.15) is 5.82 Å². The molecule has 1 fully saturated rings. The van der Waals surface area contributed by atoms with Gasteiger partial charge in [-0.25, -0.2) is 13.8 Å². The van der Waals surface area contributed by atoms with Crippen molar-refractivity contribution >= 4 is 33.5 Å². The number of fused-ring (bicyclic) bond motifs is 2. The molecule has 0 amide bonds. The molecule has 0 saturated carbocycles. The molecule has 2 unspecified atom stereocenters. The van der Waals surface area contributed by atoms with Crippen molar-refractivity contribution < 1.29 is 13.0 Å². The van der Waals surface area contributed by atoms with Gasteiger partial charge in [-0.15, -0.1) is 0 Å². The molecule has 32 heavy (non-hydrogen) atoms. The molecule has 9 heteroatoms. The van der Waals surface area contributed by atoms with Crippen LogP contribution in [0.2, 0.25) is 0 Å². The summed E-state index contributed by atoms with van der Waals surface area (Å²) in [5, 5.41) is 6.86. The summed E-state index contributed by atoms with van der Waals surface area (Å²) in [5.74, 6) is -1.21. The fraction of sp³-hybridized carbons (Fsp3) is 0.391. The van der Waals surface area contributed by atoms with E-state index in [0.717, 1.165) is 26.9 Å². The van der Waals surface area contributed by atoms with Crippen LogP contribution in [-0.4, -0.2) is 51.5 Å². The standard InChI is InChI=1S/C23H25F2N5OS/c1-15-6-7-19-18(10-15)21(27-17-11-23(24,25)14-26-12-17)29-22(28-19)30-8-9-32(31)20-5-3-2-4-16(20)13-30/h2-7,10,17,26H,8-9,11-14H2,1H3,(H,27,28,29). The first-order chi connectivity index (χ1) is 15.4. The van der Waals surface area contributed by atoms with Crippen LogP contribution in [0.25, 0.3) is 10.9 Å². The maximum Gasteiger partial charge on any atom is 0.262 e. The molecular weight excluding hydrogens is 432 g/mol. The third kappa shape index (κ3) is 4.31. The van der Waals surface area contributed by atoms with E-state index < -0.39 is 22.8 Å². The van der Waals surface area contributed by atoms with Gasteiger partial charge in [-0.1, -0.05) is 29.8 Å². The van der Waals surface area contributed by atoms with Crippen LogP contribution in [0.4, 0.5) is 20.5 Å². The van der Waals surface area contributed by atoms with Gasteiger partial charge in [-0.05, 0) is 30.7 Å². The molecule has 6 nitrogen and oxygen atoms in total. The maximum absolute atomic E-state index is 14.0. The van der Waals surface area contributed by atoms with Crippen molar-refractivity contribution in [3.8, 4) is 0 Å². The molecule has 5 rings (SSSR count). The van der Waals surface area contributed by atoms with Gasteiger partial charge in [-0.3, -0.25) is 4.21 Å². The second-order valence-electron chi connectivity index (χ2n) is 8.50. The van der Waals surface area contributed by atoms with Crippen LogP contribution in [-0.2, 0) is 17.3 Å². The first kappa shape index (κ1) is 21.2. The molecule has 2 atom stereocenters. The maximum atomic E-state index is 14.0. The van der Waals surface area contributed by atoms with E-state index in [0.29, 0.717) is 37.2 Å². The van der Waals surface area contributed by atoms with Crippen LogP contribution in [0.5, 0.6) is 0 Å². The molecule has 0 bridgehead atoms. The summed E-state index contributed by atoms with van der Waals surface area (Å²) in [5.41, 5.74) is 2.78. The van der Waals surface area contributed by atoms with Crippen molar-refractivity contribution in [2.75, 3.05) is 35.6 Å². The second kappa shape index (κ2) is 8.37. The van der Waals surface area contributed by atoms with Crippen molar-refractivity contribution in [1.82, 2.24) is 15.3 Å². The van der Waals surface area contributed by atoms with Crippen LogP contribution < -0.4 is 15.5 Å². The number of nitrogens with one attached hydrogen (secondary N) is 2. The van der Waals surface area contributed by atoms with Crippen molar-refractivity contribution in [2.24, 2.45) is 0 Å². The van der Waals surface area contributed by atoms with Gasteiger partial charge in [-0.2, -0.15) is 4.98 Å². The summed E-state index contributed by atoms with van der Waals surface area (Å²) in [7, 11) is -1.08. The van der Waals surface area contributed by atoms with Gasteiger partial charge in [0, 0.05) is 48.1 Å². The average molecular weight is 458 g/mol. The molecule has 3 heterocycles. The first-order valence-corrected chi connectivity index (χ1v) is 12.0. The lowest BCUT2D eigenvalue weighted by Gasteiger charge is -2.31. The molecule has 1 aromatic heterocycles. The molecule has 0 aliphatic carbocycles. The molecule has 2 aromatic carbocycles. The summed E-state index contributed by atoms with van der Waals surface area (Å²) >= 11 is 0. The Hall–Kier alpha value is -2.65. The number of piperidine rings is 1. The largest absolute Gasteiger partial charge is 0.365 e. The molecule has 0 radical (unpaired) electrons. The minimum Gasteiger partial charge on any atom is -0.365 e.